The molecule has 3 heterocycles. The Morgan fingerprint density at radius 2 is 2.25 bits per heavy atom. The molecule has 1 atom stereocenters. The zero-order valence-electron chi connectivity index (χ0n) is 11.0. The van der Waals surface area contributed by atoms with Gasteiger partial charge in [0.15, 0.2) is 0 Å². The number of aromatic nitrogens is 3. The molecule has 2 aromatic heterocycles. The monoisotopic (exact) mass is 268 g/mol. The second-order valence-corrected chi connectivity index (χ2v) is 5.11. The van der Waals surface area contributed by atoms with Crippen molar-refractivity contribution in [3.05, 3.63) is 53.6 Å². The summed E-state index contributed by atoms with van der Waals surface area (Å²) >= 11 is 0. The number of halogens is 1. The summed E-state index contributed by atoms with van der Waals surface area (Å²) in [6.07, 6.45) is 4.43. The van der Waals surface area contributed by atoms with Crippen molar-refractivity contribution in [3.63, 3.8) is 0 Å². The largest absolute Gasteiger partial charge is 0.363 e. The van der Waals surface area contributed by atoms with Crippen LogP contribution in [0, 0.1) is 5.82 Å². The number of hydrogen-bond donors (Lipinski definition) is 1. The first kappa shape index (κ1) is 11.4. The fourth-order valence-corrected chi connectivity index (χ4v) is 2.91. The third kappa shape index (κ3) is 1.59. The van der Waals surface area contributed by atoms with E-state index in [2.05, 4.69) is 15.4 Å². The van der Waals surface area contributed by atoms with Gasteiger partial charge in [-0.2, -0.15) is 5.10 Å². The first-order valence-corrected chi connectivity index (χ1v) is 6.54. The molecule has 1 aromatic carbocycles. The maximum Gasteiger partial charge on any atom is 0.131 e. The number of aryl methyl sites for hydroxylation is 1. The maximum atomic E-state index is 13.4. The quantitative estimate of drug-likeness (QED) is 0.738. The predicted molar refractivity (Wildman–Crippen MR) is 75.0 cm³/mol. The van der Waals surface area contributed by atoms with Crippen molar-refractivity contribution in [1.82, 2.24) is 14.8 Å². The van der Waals surface area contributed by atoms with Gasteiger partial charge in [0, 0.05) is 30.6 Å². The van der Waals surface area contributed by atoms with Gasteiger partial charge >= 0.3 is 0 Å². The molecular formula is C15H13FN4. The molecule has 4 nitrogen and oxygen atoms in total. The fourth-order valence-electron chi connectivity index (χ4n) is 2.91. The van der Waals surface area contributed by atoms with Crippen molar-refractivity contribution in [1.29, 1.82) is 0 Å². The molecule has 1 aliphatic rings. The Morgan fingerprint density at radius 3 is 3.10 bits per heavy atom. The van der Waals surface area contributed by atoms with Crippen LogP contribution in [-0.2, 0) is 13.5 Å². The Balaban J connectivity index is 1.80. The number of rotatable bonds is 1. The second kappa shape index (κ2) is 4.03. The van der Waals surface area contributed by atoms with Crippen LogP contribution in [0.25, 0.3) is 10.9 Å². The highest BCUT2D eigenvalue weighted by atomic mass is 19.1. The molecule has 3 aromatic rings. The number of hydrogen-bond acceptors (Lipinski definition) is 3. The van der Waals surface area contributed by atoms with Crippen molar-refractivity contribution in [2.75, 3.05) is 5.32 Å². The van der Waals surface area contributed by atoms with Gasteiger partial charge in [0.05, 0.1) is 17.8 Å². The minimum absolute atomic E-state index is 0.0636. The summed E-state index contributed by atoms with van der Waals surface area (Å²) in [6, 6.07) is 6.77. The molecule has 0 bridgehead atoms. The molecule has 20 heavy (non-hydrogen) atoms. The number of nitrogens with one attached hydrogen (secondary N) is 1. The zero-order valence-corrected chi connectivity index (χ0v) is 11.0. The van der Waals surface area contributed by atoms with Gasteiger partial charge in [-0.05, 0) is 17.7 Å². The van der Waals surface area contributed by atoms with Crippen molar-refractivity contribution in [2.24, 2.45) is 7.05 Å². The van der Waals surface area contributed by atoms with Gasteiger partial charge < -0.3 is 5.32 Å². The van der Waals surface area contributed by atoms with E-state index in [9.17, 15) is 4.39 Å². The van der Waals surface area contributed by atoms with E-state index in [0.29, 0.717) is 0 Å². The van der Waals surface area contributed by atoms with Gasteiger partial charge in [0.1, 0.15) is 11.6 Å². The highest BCUT2D eigenvalue weighted by molar-refractivity contribution is 5.86. The molecule has 0 radical (unpaired) electrons. The molecule has 5 heteroatoms. The molecular weight excluding hydrogens is 255 g/mol. The normalized spacial score (nSPS) is 17.2. The van der Waals surface area contributed by atoms with E-state index in [0.717, 1.165) is 34.3 Å². The van der Waals surface area contributed by atoms with Crippen molar-refractivity contribution < 1.29 is 4.39 Å². The fraction of sp³-hybridized carbons (Fsp3) is 0.200. The summed E-state index contributed by atoms with van der Waals surface area (Å²) in [6.45, 7) is 0. The van der Waals surface area contributed by atoms with Crippen LogP contribution in [0.3, 0.4) is 0 Å². The van der Waals surface area contributed by atoms with Gasteiger partial charge in [0.25, 0.3) is 0 Å². The average Bonchev–Trinajstić information content (AvgIpc) is 3.02. The summed E-state index contributed by atoms with van der Waals surface area (Å²) in [5.41, 5.74) is 3.19. The van der Waals surface area contributed by atoms with Crippen LogP contribution in [0.2, 0.25) is 0 Å². The number of nitrogens with zero attached hydrogens (tertiary/aromatic N) is 3. The Hall–Kier alpha value is -2.43. The number of pyridine rings is 1. The summed E-state index contributed by atoms with van der Waals surface area (Å²) in [4.78, 5) is 4.44. The maximum absolute atomic E-state index is 13.4. The second-order valence-electron chi connectivity index (χ2n) is 5.11. The van der Waals surface area contributed by atoms with E-state index in [1.165, 1.54) is 6.07 Å². The third-order valence-electron chi connectivity index (χ3n) is 3.84. The number of benzene rings is 1. The van der Waals surface area contributed by atoms with E-state index < -0.39 is 0 Å². The molecule has 0 saturated carbocycles. The van der Waals surface area contributed by atoms with Crippen LogP contribution in [0.1, 0.15) is 17.2 Å². The smallest absolute Gasteiger partial charge is 0.131 e. The Kier molecular flexibility index (Phi) is 2.30. The molecule has 0 spiro atoms. The van der Waals surface area contributed by atoms with Crippen LogP contribution in [0.4, 0.5) is 10.2 Å². The lowest BCUT2D eigenvalue weighted by Gasteiger charge is -2.10. The SMILES string of the molecule is Cn1ncc2cnc3c(c21)CC(c1cccc(F)c1)N3. The Bertz CT molecular complexity index is 809. The first-order chi connectivity index (χ1) is 9.72. The summed E-state index contributed by atoms with van der Waals surface area (Å²) in [5.74, 6) is 0.661. The standard InChI is InChI=1S/C15H13FN4/c1-20-14-10(8-18-20)7-17-15-12(14)6-13(19-15)9-3-2-4-11(16)5-9/h2-5,7-8,13H,6H2,1H3,(H,17,19). The van der Waals surface area contributed by atoms with Crippen molar-refractivity contribution in [3.8, 4) is 0 Å². The third-order valence-corrected chi connectivity index (χ3v) is 3.84. The molecule has 0 aliphatic carbocycles. The van der Waals surface area contributed by atoms with Gasteiger partial charge in [-0.1, -0.05) is 12.1 Å². The van der Waals surface area contributed by atoms with Gasteiger partial charge in [-0.25, -0.2) is 9.37 Å². The summed E-state index contributed by atoms with van der Waals surface area (Å²) in [5, 5.41) is 8.68. The van der Waals surface area contributed by atoms with Crippen LogP contribution in [0.15, 0.2) is 36.7 Å². The van der Waals surface area contributed by atoms with E-state index in [1.54, 1.807) is 12.1 Å². The van der Waals surface area contributed by atoms with Crippen LogP contribution < -0.4 is 5.32 Å². The minimum atomic E-state index is -0.209. The molecule has 0 amide bonds. The molecule has 4 rings (SSSR count). The number of fused-ring (bicyclic) bond motifs is 3. The van der Waals surface area contributed by atoms with Crippen molar-refractivity contribution in [2.45, 2.75) is 12.5 Å². The first-order valence-electron chi connectivity index (χ1n) is 6.54. The Morgan fingerprint density at radius 1 is 1.35 bits per heavy atom. The summed E-state index contributed by atoms with van der Waals surface area (Å²) in [7, 11) is 1.93. The predicted octanol–water partition coefficient (Wildman–Crippen LogP) is 2.82. The lowest BCUT2D eigenvalue weighted by atomic mass is 10.0. The highest BCUT2D eigenvalue weighted by Crippen LogP contribution is 2.36. The molecule has 100 valence electrons. The zero-order chi connectivity index (χ0) is 13.7. The molecule has 0 saturated heterocycles. The van der Waals surface area contributed by atoms with Gasteiger partial charge in [-0.3, -0.25) is 4.68 Å². The highest BCUT2D eigenvalue weighted by Gasteiger charge is 2.26. The average molecular weight is 268 g/mol. The molecule has 1 aliphatic heterocycles. The Labute approximate surface area is 115 Å². The lowest BCUT2D eigenvalue weighted by molar-refractivity contribution is 0.623. The van der Waals surface area contributed by atoms with E-state index in [-0.39, 0.29) is 11.9 Å². The van der Waals surface area contributed by atoms with E-state index >= 15 is 0 Å². The van der Waals surface area contributed by atoms with E-state index in [1.807, 2.05) is 30.2 Å². The van der Waals surface area contributed by atoms with Crippen LogP contribution >= 0.6 is 0 Å². The topological polar surface area (TPSA) is 42.7 Å². The van der Waals surface area contributed by atoms with Gasteiger partial charge in [-0.15, -0.1) is 0 Å². The van der Waals surface area contributed by atoms with E-state index in [4.69, 9.17) is 0 Å². The number of anilines is 1. The summed E-state index contributed by atoms with van der Waals surface area (Å²) < 4.78 is 15.2. The minimum Gasteiger partial charge on any atom is -0.363 e. The van der Waals surface area contributed by atoms with Crippen LogP contribution in [-0.4, -0.2) is 14.8 Å². The lowest BCUT2D eigenvalue weighted by Crippen LogP contribution is -2.06. The van der Waals surface area contributed by atoms with Gasteiger partial charge in [0.2, 0.25) is 0 Å². The molecule has 1 N–H and O–H groups in total. The van der Waals surface area contributed by atoms with Crippen LogP contribution in [0.5, 0.6) is 0 Å². The molecule has 1 unspecified atom stereocenters. The molecule has 0 fully saturated rings. The van der Waals surface area contributed by atoms with Crippen molar-refractivity contribution >= 4 is 16.7 Å².